The molecule has 0 saturated heterocycles. The van der Waals surface area contributed by atoms with Gasteiger partial charge in [0.05, 0.1) is 11.4 Å². The highest BCUT2D eigenvalue weighted by Gasteiger charge is 2.30. The number of aromatic amines is 1. The summed E-state index contributed by atoms with van der Waals surface area (Å²) < 4.78 is 0. The van der Waals surface area contributed by atoms with Crippen LogP contribution in [0, 0.1) is 12.8 Å². The number of allylic oxidation sites excluding steroid dienone is 1. The summed E-state index contributed by atoms with van der Waals surface area (Å²) in [6, 6.07) is 10.4. The lowest BCUT2D eigenvalue weighted by molar-refractivity contribution is -0.120. The molecule has 2 aliphatic rings. The number of aromatic nitrogens is 1. The molecule has 0 bridgehead atoms. The Morgan fingerprint density at radius 3 is 2.80 bits per heavy atom. The fourth-order valence-corrected chi connectivity index (χ4v) is 3.84. The van der Waals surface area contributed by atoms with E-state index in [2.05, 4.69) is 69.3 Å². The monoisotopic (exact) mass is 402 g/mol. The summed E-state index contributed by atoms with van der Waals surface area (Å²) in [5, 5.41) is 10.6. The number of aliphatic imine (C=N–C) groups is 1. The van der Waals surface area contributed by atoms with E-state index in [0.29, 0.717) is 5.71 Å². The quantitative estimate of drug-likeness (QED) is 0.537. The molecule has 7 heteroatoms. The number of hydrogen-bond donors (Lipinski definition) is 4. The number of rotatable bonds is 7. The van der Waals surface area contributed by atoms with Crippen LogP contribution in [0.5, 0.6) is 0 Å². The number of nitrogens with one attached hydrogen (secondary N) is 4. The standard InChI is InChI=1S/C23H26N6O/c1-3-24-10-9-17-15(2)28-19(21(17)16-7-5-4-6-8-16)13-20-22(26-12-11-25-20)18-14-27-29-23(18)30/h4-8,11-14,18,24-25,28H,3,9-10H2,1-2H3,(H,29,30). The maximum atomic E-state index is 12.2. The van der Waals surface area contributed by atoms with Crippen LogP contribution in [0.4, 0.5) is 0 Å². The van der Waals surface area contributed by atoms with Gasteiger partial charge in [0, 0.05) is 35.6 Å². The number of nitrogens with zero attached hydrogens (tertiary/aromatic N) is 2. The topological polar surface area (TPSA) is 93.7 Å². The fraction of sp³-hybridized carbons (Fsp3) is 0.261. The first-order chi connectivity index (χ1) is 14.7. The summed E-state index contributed by atoms with van der Waals surface area (Å²) in [5.74, 6) is -0.674. The molecule has 1 amide bonds. The first-order valence-corrected chi connectivity index (χ1v) is 10.2. The van der Waals surface area contributed by atoms with Crippen molar-refractivity contribution in [3.8, 4) is 11.1 Å². The molecule has 2 aliphatic heterocycles. The van der Waals surface area contributed by atoms with Gasteiger partial charge in [0.1, 0.15) is 5.92 Å². The maximum absolute atomic E-state index is 12.2. The van der Waals surface area contributed by atoms with E-state index in [1.165, 1.54) is 11.1 Å². The SMILES string of the molecule is CCNCCc1c(C)[nH]c(C=C2NC=CN=C2C2C=NNC2=O)c1-c1ccccc1. The molecule has 4 rings (SSSR count). The third kappa shape index (κ3) is 3.97. The number of hydrogen-bond acceptors (Lipinski definition) is 5. The van der Waals surface area contributed by atoms with Gasteiger partial charge in [0.15, 0.2) is 0 Å². The van der Waals surface area contributed by atoms with Crippen LogP contribution in [0.3, 0.4) is 0 Å². The van der Waals surface area contributed by atoms with Crippen LogP contribution >= 0.6 is 0 Å². The van der Waals surface area contributed by atoms with Crippen molar-refractivity contribution in [2.75, 3.05) is 13.1 Å². The Labute approximate surface area is 176 Å². The predicted molar refractivity (Wildman–Crippen MR) is 121 cm³/mol. The molecule has 154 valence electrons. The lowest BCUT2D eigenvalue weighted by Crippen LogP contribution is -2.32. The highest BCUT2D eigenvalue weighted by molar-refractivity contribution is 6.24. The molecule has 1 aromatic carbocycles. The van der Waals surface area contributed by atoms with Gasteiger partial charge >= 0.3 is 0 Å². The largest absolute Gasteiger partial charge is 0.359 e. The zero-order valence-electron chi connectivity index (χ0n) is 17.2. The van der Waals surface area contributed by atoms with Gasteiger partial charge in [-0.1, -0.05) is 37.3 Å². The summed E-state index contributed by atoms with van der Waals surface area (Å²) >= 11 is 0. The maximum Gasteiger partial charge on any atom is 0.254 e. The molecule has 2 aromatic rings. The molecule has 30 heavy (non-hydrogen) atoms. The molecule has 0 aliphatic carbocycles. The van der Waals surface area contributed by atoms with E-state index in [9.17, 15) is 4.79 Å². The number of carbonyl (C=O) groups is 1. The van der Waals surface area contributed by atoms with E-state index in [1.807, 2.05) is 12.1 Å². The van der Waals surface area contributed by atoms with E-state index < -0.39 is 5.92 Å². The lowest BCUT2D eigenvalue weighted by Gasteiger charge is -2.16. The Hall–Kier alpha value is -3.45. The summed E-state index contributed by atoms with van der Waals surface area (Å²) in [7, 11) is 0. The molecule has 0 spiro atoms. The molecule has 1 atom stereocenters. The van der Waals surface area contributed by atoms with Gasteiger partial charge in [-0.15, -0.1) is 0 Å². The second-order valence-corrected chi connectivity index (χ2v) is 7.25. The molecule has 1 unspecified atom stereocenters. The van der Waals surface area contributed by atoms with Gasteiger partial charge in [-0.05, 0) is 43.6 Å². The second-order valence-electron chi connectivity index (χ2n) is 7.25. The van der Waals surface area contributed by atoms with Crippen molar-refractivity contribution >= 4 is 23.9 Å². The van der Waals surface area contributed by atoms with Crippen molar-refractivity contribution in [3.05, 3.63) is 65.4 Å². The lowest BCUT2D eigenvalue weighted by atomic mass is 9.96. The Bertz CT molecular complexity index is 1050. The van der Waals surface area contributed by atoms with Crippen molar-refractivity contribution in [2.45, 2.75) is 20.3 Å². The predicted octanol–water partition coefficient (Wildman–Crippen LogP) is 2.73. The van der Waals surface area contributed by atoms with Crippen molar-refractivity contribution in [2.24, 2.45) is 16.0 Å². The first kappa shape index (κ1) is 19.8. The summed E-state index contributed by atoms with van der Waals surface area (Å²) in [6.45, 7) is 6.08. The molecule has 1 aromatic heterocycles. The van der Waals surface area contributed by atoms with Gasteiger partial charge in [-0.3, -0.25) is 9.79 Å². The summed E-state index contributed by atoms with van der Waals surface area (Å²) in [6.07, 6.45) is 7.98. The van der Waals surface area contributed by atoms with E-state index in [0.717, 1.165) is 42.2 Å². The molecule has 0 radical (unpaired) electrons. The van der Waals surface area contributed by atoms with E-state index >= 15 is 0 Å². The number of hydrazone groups is 1. The third-order valence-electron chi connectivity index (χ3n) is 5.28. The minimum absolute atomic E-state index is 0.172. The van der Waals surface area contributed by atoms with Crippen LogP contribution in [0.2, 0.25) is 0 Å². The van der Waals surface area contributed by atoms with E-state index in [-0.39, 0.29) is 5.91 Å². The van der Waals surface area contributed by atoms with Crippen LogP contribution in [-0.2, 0) is 11.2 Å². The Kier molecular flexibility index (Phi) is 5.90. The Morgan fingerprint density at radius 2 is 2.07 bits per heavy atom. The van der Waals surface area contributed by atoms with Gasteiger partial charge in [0.25, 0.3) is 5.91 Å². The average molecular weight is 403 g/mol. The number of carbonyl (C=O) groups excluding carboxylic acids is 1. The average Bonchev–Trinajstić information content (AvgIpc) is 3.32. The van der Waals surface area contributed by atoms with Crippen LogP contribution in [0.15, 0.2) is 58.5 Å². The van der Waals surface area contributed by atoms with Crippen LogP contribution < -0.4 is 16.1 Å². The highest BCUT2D eigenvalue weighted by atomic mass is 16.2. The zero-order chi connectivity index (χ0) is 20.9. The molecule has 0 saturated carbocycles. The Morgan fingerprint density at radius 1 is 1.23 bits per heavy atom. The third-order valence-corrected chi connectivity index (χ3v) is 5.28. The fourth-order valence-electron chi connectivity index (χ4n) is 3.84. The van der Waals surface area contributed by atoms with E-state index in [1.54, 1.807) is 18.6 Å². The van der Waals surface area contributed by atoms with Crippen LogP contribution in [-0.4, -0.2) is 35.9 Å². The van der Waals surface area contributed by atoms with Crippen molar-refractivity contribution in [1.82, 2.24) is 21.0 Å². The molecular formula is C23H26N6O. The van der Waals surface area contributed by atoms with Crippen molar-refractivity contribution in [1.29, 1.82) is 0 Å². The number of benzene rings is 1. The minimum Gasteiger partial charge on any atom is -0.359 e. The number of H-pyrrole nitrogens is 1. The molecule has 7 nitrogen and oxygen atoms in total. The minimum atomic E-state index is -0.502. The highest BCUT2D eigenvalue weighted by Crippen LogP contribution is 2.32. The van der Waals surface area contributed by atoms with Crippen molar-refractivity contribution in [3.63, 3.8) is 0 Å². The normalized spacial score (nSPS) is 19.1. The second kappa shape index (κ2) is 8.92. The van der Waals surface area contributed by atoms with Crippen molar-refractivity contribution < 1.29 is 4.79 Å². The van der Waals surface area contributed by atoms with E-state index in [4.69, 9.17) is 0 Å². The number of amides is 1. The van der Waals surface area contributed by atoms with Gasteiger partial charge in [-0.25, -0.2) is 5.43 Å². The molecule has 0 fully saturated rings. The number of likely N-dealkylation sites (N-methyl/N-ethyl adjacent to an activating group) is 1. The Balaban J connectivity index is 1.77. The first-order valence-electron chi connectivity index (χ1n) is 10.2. The number of aryl methyl sites for hydroxylation is 1. The molecule has 3 heterocycles. The smallest absolute Gasteiger partial charge is 0.254 e. The van der Waals surface area contributed by atoms with Gasteiger partial charge in [0.2, 0.25) is 0 Å². The zero-order valence-corrected chi connectivity index (χ0v) is 17.2. The molecule has 4 N–H and O–H groups in total. The van der Waals surface area contributed by atoms with Gasteiger partial charge in [-0.2, -0.15) is 5.10 Å². The summed E-state index contributed by atoms with van der Waals surface area (Å²) in [5.41, 5.74) is 9.68. The molecular weight excluding hydrogens is 376 g/mol. The van der Waals surface area contributed by atoms with Crippen LogP contribution in [0.25, 0.3) is 17.2 Å². The van der Waals surface area contributed by atoms with Gasteiger partial charge < -0.3 is 15.6 Å². The van der Waals surface area contributed by atoms with Crippen LogP contribution in [0.1, 0.15) is 23.9 Å². The summed E-state index contributed by atoms with van der Waals surface area (Å²) in [4.78, 5) is 20.2.